The third-order valence-electron chi connectivity index (χ3n) is 6.12. The maximum Gasteiger partial charge on any atom is 0.418 e. The molecule has 0 bridgehead atoms. The molecule has 7 nitrogen and oxygen atoms in total. The zero-order valence-electron chi connectivity index (χ0n) is 18.1. The van der Waals surface area contributed by atoms with Gasteiger partial charge in [0.2, 0.25) is 0 Å². The fraction of sp³-hybridized carbons (Fsp3) is 0.476. The Morgan fingerprint density at radius 1 is 1.15 bits per heavy atom. The first-order valence-electron chi connectivity index (χ1n) is 10.6. The quantitative estimate of drug-likeness (QED) is 0.602. The fourth-order valence-electron chi connectivity index (χ4n) is 4.53. The topological polar surface area (TPSA) is 81.2 Å². The van der Waals surface area contributed by atoms with Gasteiger partial charge < -0.3 is 14.9 Å². The van der Waals surface area contributed by atoms with E-state index in [2.05, 4.69) is 0 Å². The van der Waals surface area contributed by atoms with Crippen LogP contribution in [0.3, 0.4) is 0 Å². The predicted molar refractivity (Wildman–Crippen MR) is 119 cm³/mol. The van der Waals surface area contributed by atoms with E-state index in [4.69, 9.17) is 0 Å². The highest BCUT2D eigenvalue weighted by molar-refractivity contribution is 7.91. The SMILES string of the molecule is CC1CN(c2ccc(F)cc2C(F)(F)F)CCN1S(=O)(=O)c1ccc(N2CCCC2C(=O)O)s1. The van der Waals surface area contributed by atoms with Crippen molar-refractivity contribution < 1.29 is 35.9 Å². The summed E-state index contributed by atoms with van der Waals surface area (Å²) >= 11 is 0.987. The lowest BCUT2D eigenvalue weighted by atomic mass is 10.1. The van der Waals surface area contributed by atoms with Crippen molar-refractivity contribution in [2.24, 2.45) is 0 Å². The highest BCUT2D eigenvalue weighted by Gasteiger charge is 2.40. The summed E-state index contributed by atoms with van der Waals surface area (Å²) in [5, 5.41) is 9.95. The van der Waals surface area contributed by atoms with Crippen molar-refractivity contribution >= 4 is 38.0 Å². The normalized spacial score (nSPS) is 22.4. The Morgan fingerprint density at radius 2 is 1.88 bits per heavy atom. The summed E-state index contributed by atoms with van der Waals surface area (Å²) in [4.78, 5) is 14.6. The number of hydrogen-bond acceptors (Lipinski definition) is 6. The van der Waals surface area contributed by atoms with E-state index in [-0.39, 0.29) is 29.5 Å². The number of anilines is 2. The average molecular weight is 522 g/mol. The van der Waals surface area contributed by atoms with E-state index in [0.717, 1.165) is 23.5 Å². The summed E-state index contributed by atoms with van der Waals surface area (Å²) in [6.07, 6.45) is -3.57. The molecule has 2 saturated heterocycles. The van der Waals surface area contributed by atoms with Crippen molar-refractivity contribution in [3.63, 3.8) is 0 Å². The van der Waals surface area contributed by atoms with Crippen molar-refractivity contribution in [2.45, 2.75) is 42.2 Å². The molecule has 13 heteroatoms. The Bertz CT molecular complexity index is 1180. The van der Waals surface area contributed by atoms with Crippen LogP contribution in [0.15, 0.2) is 34.5 Å². The van der Waals surface area contributed by atoms with Crippen molar-refractivity contribution in [3.05, 3.63) is 41.7 Å². The van der Waals surface area contributed by atoms with Crippen LogP contribution in [-0.2, 0) is 21.0 Å². The highest BCUT2D eigenvalue weighted by Crippen LogP contribution is 2.39. The van der Waals surface area contributed by atoms with E-state index in [0.29, 0.717) is 30.5 Å². The third-order valence-corrected chi connectivity index (χ3v) is 9.73. The largest absolute Gasteiger partial charge is 0.480 e. The number of carboxylic acids is 1. The third kappa shape index (κ3) is 4.60. The number of aliphatic carboxylic acids is 1. The number of thiophene rings is 1. The summed E-state index contributed by atoms with van der Waals surface area (Å²) in [7, 11) is -3.94. The number of alkyl halides is 3. The summed E-state index contributed by atoms with van der Waals surface area (Å²) < 4.78 is 81.7. The van der Waals surface area contributed by atoms with Crippen molar-refractivity contribution in [1.29, 1.82) is 0 Å². The molecule has 1 aromatic heterocycles. The molecule has 2 fully saturated rings. The van der Waals surface area contributed by atoms with Gasteiger partial charge in [-0.2, -0.15) is 17.5 Å². The maximum atomic E-state index is 13.5. The van der Waals surface area contributed by atoms with Crippen LogP contribution in [0, 0.1) is 5.82 Å². The minimum absolute atomic E-state index is 0.000607. The molecule has 0 amide bonds. The number of nitrogens with zero attached hydrogens (tertiary/aromatic N) is 3. The summed E-state index contributed by atoms with van der Waals surface area (Å²) in [5.74, 6) is -1.96. The van der Waals surface area contributed by atoms with E-state index >= 15 is 0 Å². The Morgan fingerprint density at radius 3 is 2.53 bits per heavy atom. The summed E-state index contributed by atoms with van der Waals surface area (Å²) in [5.41, 5.74) is -1.29. The number of carboxylic acid groups (broad SMARTS) is 1. The number of rotatable bonds is 5. The first-order valence-corrected chi connectivity index (χ1v) is 12.9. The molecule has 2 aromatic rings. The Balaban J connectivity index is 1.54. The summed E-state index contributed by atoms with van der Waals surface area (Å²) in [6, 6.07) is 4.15. The van der Waals surface area contributed by atoms with Crippen molar-refractivity contribution in [3.8, 4) is 0 Å². The van der Waals surface area contributed by atoms with Crippen LogP contribution in [0.4, 0.5) is 28.3 Å². The highest BCUT2D eigenvalue weighted by atomic mass is 32.2. The van der Waals surface area contributed by atoms with E-state index in [1.54, 1.807) is 17.9 Å². The van der Waals surface area contributed by atoms with Crippen LogP contribution in [0.1, 0.15) is 25.3 Å². The van der Waals surface area contributed by atoms with E-state index in [9.17, 15) is 35.9 Å². The monoisotopic (exact) mass is 521 g/mol. The maximum absolute atomic E-state index is 13.5. The first kappa shape index (κ1) is 24.7. The molecule has 34 heavy (non-hydrogen) atoms. The second-order valence-corrected chi connectivity index (χ2v) is 11.5. The van der Waals surface area contributed by atoms with Gasteiger partial charge in [0.25, 0.3) is 10.0 Å². The van der Waals surface area contributed by atoms with Gasteiger partial charge in [-0.05, 0) is 50.1 Å². The van der Waals surface area contributed by atoms with Gasteiger partial charge in [-0.3, -0.25) is 0 Å². The second kappa shape index (κ2) is 9.00. The number of benzene rings is 1. The van der Waals surface area contributed by atoms with E-state index < -0.39 is 45.6 Å². The molecule has 0 radical (unpaired) electrons. The summed E-state index contributed by atoms with van der Waals surface area (Å²) in [6.45, 7) is 2.08. The average Bonchev–Trinajstić information content (AvgIpc) is 3.42. The molecule has 2 aliphatic rings. The zero-order chi connectivity index (χ0) is 24.8. The van der Waals surface area contributed by atoms with Crippen molar-refractivity contribution in [1.82, 2.24) is 4.31 Å². The molecule has 1 N–H and O–H groups in total. The van der Waals surface area contributed by atoms with E-state index in [1.165, 1.54) is 15.3 Å². The number of carbonyl (C=O) groups is 1. The minimum Gasteiger partial charge on any atom is -0.480 e. The minimum atomic E-state index is -4.75. The Hall–Kier alpha value is -2.38. The van der Waals surface area contributed by atoms with Gasteiger partial charge in [-0.1, -0.05) is 0 Å². The zero-order valence-corrected chi connectivity index (χ0v) is 19.8. The van der Waals surface area contributed by atoms with Gasteiger partial charge in [-0.15, -0.1) is 11.3 Å². The van der Waals surface area contributed by atoms with Crippen LogP contribution < -0.4 is 9.80 Å². The molecular weight excluding hydrogens is 498 g/mol. The first-order chi connectivity index (χ1) is 15.9. The number of sulfonamides is 1. The molecule has 2 aliphatic heterocycles. The van der Waals surface area contributed by atoms with Gasteiger partial charge in [0.15, 0.2) is 0 Å². The molecular formula is C21H23F4N3O4S2. The molecule has 0 saturated carbocycles. The smallest absolute Gasteiger partial charge is 0.418 e. The van der Waals surface area contributed by atoms with Crippen LogP contribution in [0.2, 0.25) is 0 Å². The van der Waals surface area contributed by atoms with Gasteiger partial charge in [-0.25, -0.2) is 17.6 Å². The molecule has 2 atom stereocenters. The molecule has 0 spiro atoms. The molecule has 4 rings (SSSR count). The van der Waals surface area contributed by atoms with Crippen LogP contribution in [-0.4, -0.2) is 62.1 Å². The van der Waals surface area contributed by atoms with Gasteiger partial charge in [0.05, 0.1) is 10.6 Å². The van der Waals surface area contributed by atoms with E-state index in [1.807, 2.05) is 0 Å². The molecule has 1 aromatic carbocycles. The van der Waals surface area contributed by atoms with Gasteiger partial charge in [0.1, 0.15) is 16.1 Å². The Kier molecular flexibility index (Phi) is 6.55. The number of piperazine rings is 1. The molecule has 0 aliphatic carbocycles. The van der Waals surface area contributed by atoms with Gasteiger partial charge >= 0.3 is 12.1 Å². The molecule has 3 heterocycles. The fourth-order valence-corrected chi connectivity index (χ4v) is 7.65. The lowest BCUT2D eigenvalue weighted by Crippen LogP contribution is -2.54. The van der Waals surface area contributed by atoms with Crippen molar-refractivity contribution in [2.75, 3.05) is 36.0 Å². The number of halogens is 4. The lowest BCUT2D eigenvalue weighted by molar-refractivity contribution is -0.138. The van der Waals surface area contributed by atoms with Crippen LogP contribution in [0.25, 0.3) is 0 Å². The standard InChI is InChI=1S/C21H23F4N3O4S2/c1-13-12-26(16-5-4-14(22)11-15(16)21(23,24)25)9-10-28(13)34(31,32)19-7-6-18(33-19)27-8-2-3-17(27)20(29)30/h4-7,11,13,17H,2-3,8-10,12H2,1H3,(H,29,30). The van der Waals surface area contributed by atoms with Crippen LogP contribution >= 0.6 is 11.3 Å². The predicted octanol–water partition coefficient (Wildman–Crippen LogP) is 3.86. The lowest BCUT2D eigenvalue weighted by Gasteiger charge is -2.40. The molecule has 2 unspecified atom stereocenters. The van der Waals surface area contributed by atoms with Gasteiger partial charge in [0, 0.05) is 37.9 Å². The van der Waals surface area contributed by atoms with Crippen LogP contribution in [0.5, 0.6) is 0 Å². The second-order valence-electron chi connectivity index (χ2n) is 8.35. The molecule has 186 valence electrons. The number of hydrogen-bond donors (Lipinski definition) is 1. The Labute approximate surface area is 198 Å².